The number of pyridine rings is 1. The number of nitrogens with one attached hydrogen (secondary N) is 1. The van der Waals surface area contributed by atoms with Crippen LogP contribution in [0, 0.1) is 23.1 Å². The molecule has 1 aliphatic rings. The number of rotatable bonds is 3. The number of amides is 1. The average molecular weight is 598 g/mol. The molecule has 2 unspecified atom stereocenters. The van der Waals surface area contributed by atoms with Crippen LogP contribution in [0.3, 0.4) is 0 Å². The van der Waals surface area contributed by atoms with Gasteiger partial charge in [0, 0.05) is 37.0 Å². The lowest BCUT2D eigenvalue weighted by molar-refractivity contribution is -0.119. The second kappa shape index (κ2) is 11.3. The summed E-state index contributed by atoms with van der Waals surface area (Å²) in [5, 5.41) is 20.5. The van der Waals surface area contributed by atoms with Crippen molar-refractivity contribution in [3.05, 3.63) is 93.9 Å². The van der Waals surface area contributed by atoms with E-state index in [1.807, 2.05) is 25.1 Å². The first kappa shape index (κ1) is 28.0. The molecule has 216 valence electrons. The van der Waals surface area contributed by atoms with Crippen molar-refractivity contribution < 1.29 is 9.18 Å². The first-order chi connectivity index (χ1) is 20.7. The Morgan fingerprint density at radius 3 is 2.72 bits per heavy atom. The van der Waals surface area contributed by atoms with Gasteiger partial charge in [0.2, 0.25) is 5.91 Å². The number of carbonyl (C=O) groups is 1. The smallest absolute Gasteiger partial charge is 0.254 e. The van der Waals surface area contributed by atoms with E-state index < -0.39 is 17.4 Å². The zero-order chi connectivity index (χ0) is 30.2. The molecule has 13 heteroatoms. The highest BCUT2D eigenvalue weighted by atomic mass is 35.5. The van der Waals surface area contributed by atoms with Crippen molar-refractivity contribution in [3.8, 4) is 34.3 Å². The maximum atomic E-state index is 15.5. The van der Waals surface area contributed by atoms with Crippen LogP contribution in [0.25, 0.3) is 28.2 Å². The molecular weight excluding hydrogens is 573 g/mol. The quantitative estimate of drug-likeness (QED) is 0.312. The molecule has 43 heavy (non-hydrogen) atoms. The lowest BCUT2D eigenvalue weighted by Crippen LogP contribution is -2.27. The van der Waals surface area contributed by atoms with E-state index in [-0.39, 0.29) is 39.4 Å². The van der Waals surface area contributed by atoms with Crippen molar-refractivity contribution in [3.63, 3.8) is 0 Å². The number of halogens is 2. The molecular formula is C30H25ClFN9O2. The Morgan fingerprint density at radius 1 is 1.12 bits per heavy atom. The number of anilines is 1. The van der Waals surface area contributed by atoms with Gasteiger partial charge in [0.05, 0.1) is 69.4 Å². The maximum absolute atomic E-state index is 15.5. The number of fused-ring (bicyclic) bond motifs is 4. The van der Waals surface area contributed by atoms with E-state index >= 15 is 4.39 Å². The van der Waals surface area contributed by atoms with Crippen LogP contribution in [0.1, 0.15) is 43.5 Å². The number of benzene rings is 1. The summed E-state index contributed by atoms with van der Waals surface area (Å²) in [6.45, 7) is 1.86. The Kier molecular flexibility index (Phi) is 7.33. The summed E-state index contributed by atoms with van der Waals surface area (Å²) in [4.78, 5) is 35.7. The van der Waals surface area contributed by atoms with E-state index in [1.165, 1.54) is 40.1 Å². The number of carbonyl (C=O) groups excluding carboxylic acids is 1. The molecule has 11 nitrogen and oxygen atoms in total. The molecule has 0 saturated heterocycles. The number of hydrogen-bond acceptors (Lipinski definition) is 7. The van der Waals surface area contributed by atoms with Gasteiger partial charge in [-0.25, -0.2) is 14.1 Å². The molecule has 2 bridgehead atoms. The summed E-state index contributed by atoms with van der Waals surface area (Å²) >= 11 is 6.12. The van der Waals surface area contributed by atoms with E-state index in [0.29, 0.717) is 36.3 Å². The predicted octanol–water partition coefficient (Wildman–Crippen LogP) is 4.90. The Morgan fingerprint density at radius 2 is 1.95 bits per heavy atom. The summed E-state index contributed by atoms with van der Waals surface area (Å²) in [5.41, 5.74) is 2.89. The van der Waals surface area contributed by atoms with Gasteiger partial charge in [-0.05, 0) is 37.1 Å². The molecule has 1 aliphatic heterocycles. The lowest BCUT2D eigenvalue weighted by atomic mass is 9.97. The van der Waals surface area contributed by atoms with Crippen LogP contribution in [0.2, 0.25) is 5.02 Å². The minimum absolute atomic E-state index is 0.0215. The second-order valence-electron chi connectivity index (χ2n) is 10.4. The van der Waals surface area contributed by atoms with Crippen LogP contribution in [-0.2, 0) is 11.8 Å². The van der Waals surface area contributed by atoms with Crippen LogP contribution in [0.5, 0.6) is 0 Å². The van der Waals surface area contributed by atoms with Crippen LogP contribution in [0.15, 0.2) is 66.2 Å². The molecule has 0 radical (unpaired) electrons. The number of nitrogens with zero attached hydrogens (tertiary/aromatic N) is 8. The Balaban J connectivity index is 1.45. The van der Waals surface area contributed by atoms with Crippen molar-refractivity contribution in [1.82, 2.24) is 34.1 Å². The van der Waals surface area contributed by atoms with Gasteiger partial charge in [-0.3, -0.25) is 23.8 Å². The fraction of sp³-hybridized carbons (Fsp3) is 0.233. The molecule has 0 saturated carbocycles. The lowest BCUT2D eigenvalue weighted by Gasteiger charge is -2.22. The molecule has 0 spiro atoms. The number of hydrogen-bond donors (Lipinski definition) is 1. The van der Waals surface area contributed by atoms with Gasteiger partial charge in [-0.15, -0.1) is 0 Å². The summed E-state index contributed by atoms with van der Waals surface area (Å²) in [6, 6.07) is 9.36. The van der Waals surface area contributed by atoms with Gasteiger partial charge in [0.25, 0.3) is 5.56 Å². The normalized spacial score (nSPS) is 16.9. The minimum atomic E-state index is -0.766. The SMILES string of the molecule is CC1CCCC(n2cnc(-c3c(-n4cc(C#N)cn4)ccc(Cl)c3F)cc2=O)c2cc(ccn2)-c2c(cnn2C)NC1=O. The van der Waals surface area contributed by atoms with Crippen LogP contribution in [0.4, 0.5) is 10.1 Å². The molecule has 1 aromatic carbocycles. The molecule has 6 rings (SSSR count). The van der Waals surface area contributed by atoms with Crippen molar-refractivity contribution in [2.24, 2.45) is 13.0 Å². The third-order valence-electron chi connectivity index (χ3n) is 7.61. The Labute approximate surface area is 250 Å². The van der Waals surface area contributed by atoms with Crippen molar-refractivity contribution in [1.29, 1.82) is 5.26 Å². The van der Waals surface area contributed by atoms with Gasteiger partial charge < -0.3 is 5.32 Å². The maximum Gasteiger partial charge on any atom is 0.254 e. The van der Waals surface area contributed by atoms with Gasteiger partial charge >= 0.3 is 0 Å². The predicted molar refractivity (Wildman–Crippen MR) is 157 cm³/mol. The fourth-order valence-electron chi connectivity index (χ4n) is 5.35. The van der Waals surface area contributed by atoms with Crippen molar-refractivity contribution in [2.45, 2.75) is 32.2 Å². The fourth-order valence-corrected chi connectivity index (χ4v) is 5.51. The summed E-state index contributed by atoms with van der Waals surface area (Å²) in [7, 11) is 1.79. The number of aryl methyl sites for hydroxylation is 1. The molecule has 2 atom stereocenters. The second-order valence-corrected chi connectivity index (χ2v) is 10.8. The minimum Gasteiger partial charge on any atom is -0.323 e. The van der Waals surface area contributed by atoms with E-state index in [9.17, 15) is 14.9 Å². The molecule has 5 heterocycles. The van der Waals surface area contributed by atoms with Gasteiger partial charge in [0.1, 0.15) is 6.07 Å². The number of nitriles is 1. The standard InChI is InChI=1S/C30H25ClFN9O2/c1-17-4-3-5-24(21-10-19(8-9-34-21)29-23(38-30(17)43)14-36-39(29)2)40-16-35-22(11-26(40)42)27-25(7-6-20(31)28(27)32)41-15-18(12-33)13-37-41/h6-11,13-17,24H,3-5H2,1-2H3,(H,38,43). The van der Waals surface area contributed by atoms with Gasteiger partial charge in [0.15, 0.2) is 5.82 Å². The molecule has 1 N–H and O–H groups in total. The van der Waals surface area contributed by atoms with Crippen molar-refractivity contribution in [2.75, 3.05) is 5.32 Å². The first-order valence-corrected chi connectivity index (χ1v) is 13.9. The van der Waals surface area contributed by atoms with Crippen molar-refractivity contribution >= 4 is 23.2 Å². The first-order valence-electron chi connectivity index (χ1n) is 13.6. The zero-order valence-electron chi connectivity index (χ0n) is 23.2. The third kappa shape index (κ3) is 5.19. The van der Waals surface area contributed by atoms with Crippen LogP contribution < -0.4 is 10.9 Å². The Hall–Kier alpha value is -5.15. The molecule has 1 amide bonds. The molecule has 0 fully saturated rings. The van der Waals surface area contributed by atoms with E-state index in [0.717, 1.165) is 5.56 Å². The highest BCUT2D eigenvalue weighted by molar-refractivity contribution is 6.31. The van der Waals surface area contributed by atoms with E-state index in [4.69, 9.17) is 11.6 Å². The summed E-state index contributed by atoms with van der Waals surface area (Å²) in [6.07, 6.45) is 9.18. The average Bonchev–Trinajstić information content (AvgIpc) is 3.63. The summed E-state index contributed by atoms with van der Waals surface area (Å²) in [5.74, 6) is -1.15. The third-order valence-corrected chi connectivity index (χ3v) is 7.91. The zero-order valence-corrected chi connectivity index (χ0v) is 24.0. The van der Waals surface area contributed by atoms with Crippen LogP contribution in [-0.4, -0.2) is 40.0 Å². The molecule has 4 aromatic heterocycles. The highest BCUT2D eigenvalue weighted by Gasteiger charge is 2.25. The van der Waals surface area contributed by atoms with E-state index in [1.54, 1.807) is 30.2 Å². The summed E-state index contributed by atoms with van der Waals surface area (Å²) < 4.78 is 20.0. The number of aromatic nitrogens is 7. The monoisotopic (exact) mass is 597 g/mol. The molecule has 0 aliphatic carbocycles. The van der Waals surface area contributed by atoms with Gasteiger partial charge in [-0.2, -0.15) is 15.5 Å². The van der Waals surface area contributed by atoms with Crippen LogP contribution >= 0.6 is 11.6 Å². The Bertz CT molecular complexity index is 1970. The largest absolute Gasteiger partial charge is 0.323 e. The molecule has 5 aromatic rings. The van der Waals surface area contributed by atoms with E-state index in [2.05, 4.69) is 25.5 Å². The topological polar surface area (TPSA) is 136 Å². The van der Waals surface area contributed by atoms with Gasteiger partial charge in [-0.1, -0.05) is 24.9 Å². The highest BCUT2D eigenvalue weighted by Crippen LogP contribution is 2.34.